The second kappa shape index (κ2) is 12.1. The number of rotatable bonds is 11. The maximum atomic E-state index is 13.0. The van der Waals surface area contributed by atoms with E-state index in [9.17, 15) is 18.0 Å². The minimum Gasteiger partial charge on any atom is -0.347 e. The summed E-state index contributed by atoms with van der Waals surface area (Å²) in [6.07, 6.45) is 0.669. The van der Waals surface area contributed by atoms with Crippen molar-refractivity contribution in [2.24, 2.45) is 0 Å². The molecule has 0 aliphatic carbocycles. The molecule has 1 aromatic heterocycles. The van der Waals surface area contributed by atoms with Gasteiger partial charge in [0.1, 0.15) is 0 Å². The number of carbonyl (C=O) groups is 2. The zero-order valence-corrected chi connectivity index (χ0v) is 21.6. The Bertz CT molecular complexity index is 1270. The average molecular weight is 515 g/mol. The van der Waals surface area contributed by atoms with E-state index in [0.29, 0.717) is 36.3 Å². The number of benzene rings is 2. The summed E-state index contributed by atoms with van der Waals surface area (Å²) in [6.45, 7) is 3.23. The smallest absolute Gasteiger partial charge is 0.255 e. The molecular weight excluding hydrogens is 484 g/mol. The zero-order chi connectivity index (χ0) is 25.4. The summed E-state index contributed by atoms with van der Waals surface area (Å²) in [5.74, 6) is -0.706. The minimum atomic E-state index is -3.75. The molecule has 2 aromatic carbocycles. The molecule has 10 heteroatoms. The highest BCUT2D eigenvalue weighted by molar-refractivity contribution is 7.89. The molecule has 3 aromatic rings. The van der Waals surface area contributed by atoms with Crippen molar-refractivity contribution in [1.82, 2.24) is 14.9 Å². The van der Waals surface area contributed by atoms with Gasteiger partial charge in [0.2, 0.25) is 10.0 Å². The molecule has 0 atom stereocenters. The van der Waals surface area contributed by atoms with Crippen LogP contribution < -0.4 is 15.4 Å². The fourth-order valence-electron chi connectivity index (χ4n) is 3.32. The number of nitrogens with zero attached hydrogens (tertiary/aromatic N) is 1. The molecule has 0 bridgehead atoms. The first-order valence-electron chi connectivity index (χ1n) is 11.1. The van der Waals surface area contributed by atoms with E-state index in [1.807, 2.05) is 36.5 Å². The Hall–Kier alpha value is -3.05. The van der Waals surface area contributed by atoms with Crippen LogP contribution in [0.1, 0.15) is 37.6 Å². The van der Waals surface area contributed by atoms with E-state index < -0.39 is 15.9 Å². The fourth-order valence-corrected chi connectivity index (χ4v) is 5.06. The fraction of sp³-hybridized carbons (Fsp3) is 0.280. The quantitative estimate of drug-likeness (QED) is 0.340. The molecule has 2 amide bonds. The third-order valence-corrected chi connectivity index (χ3v) is 7.56. The minimum absolute atomic E-state index is 0.0276. The van der Waals surface area contributed by atoms with Gasteiger partial charge in [0.05, 0.1) is 11.4 Å². The highest BCUT2D eigenvalue weighted by Gasteiger charge is 2.18. The Morgan fingerprint density at radius 1 is 1.00 bits per heavy atom. The Balaban J connectivity index is 1.68. The van der Waals surface area contributed by atoms with Gasteiger partial charge in [-0.2, -0.15) is 0 Å². The summed E-state index contributed by atoms with van der Waals surface area (Å²) in [5.41, 5.74) is 1.73. The molecule has 1 heterocycles. The van der Waals surface area contributed by atoms with Crippen LogP contribution in [0.2, 0.25) is 0 Å². The topological polar surface area (TPSA) is 108 Å². The van der Waals surface area contributed by atoms with Gasteiger partial charge in [-0.15, -0.1) is 11.3 Å². The SMILES string of the molecule is Cc1ccc(S(=O)(=O)NCCCN(C)C)cc1C(=O)Nc1cccc(C(=O)NCc2cccs2)c1. The van der Waals surface area contributed by atoms with Gasteiger partial charge >= 0.3 is 0 Å². The summed E-state index contributed by atoms with van der Waals surface area (Å²) >= 11 is 1.56. The number of aryl methyl sites for hydroxylation is 1. The van der Waals surface area contributed by atoms with Crippen molar-refractivity contribution in [3.05, 3.63) is 81.5 Å². The lowest BCUT2D eigenvalue weighted by Crippen LogP contribution is -2.27. The van der Waals surface area contributed by atoms with Crippen LogP contribution in [-0.2, 0) is 16.6 Å². The summed E-state index contributed by atoms with van der Waals surface area (Å²) in [5, 5.41) is 7.57. The standard InChI is InChI=1S/C25H30N4O4S2/c1-18-10-11-22(35(32,33)27-12-6-13-29(2)3)16-23(18)25(31)28-20-8-4-7-19(15-20)24(30)26-17-21-9-5-14-34-21/h4-5,7-11,14-16,27H,6,12-13,17H2,1-3H3,(H,26,30)(H,28,31). The maximum Gasteiger partial charge on any atom is 0.255 e. The number of anilines is 1. The van der Waals surface area contributed by atoms with Crippen molar-refractivity contribution >= 4 is 38.9 Å². The van der Waals surface area contributed by atoms with Crippen LogP contribution in [0.25, 0.3) is 0 Å². The van der Waals surface area contributed by atoms with E-state index in [-0.39, 0.29) is 16.4 Å². The predicted molar refractivity (Wildman–Crippen MR) is 139 cm³/mol. The van der Waals surface area contributed by atoms with E-state index >= 15 is 0 Å². The van der Waals surface area contributed by atoms with Crippen molar-refractivity contribution in [1.29, 1.82) is 0 Å². The van der Waals surface area contributed by atoms with Crippen molar-refractivity contribution < 1.29 is 18.0 Å². The number of carbonyl (C=O) groups excluding carboxylic acids is 2. The van der Waals surface area contributed by atoms with Gasteiger partial charge in [-0.05, 0) is 81.3 Å². The van der Waals surface area contributed by atoms with Crippen molar-refractivity contribution in [2.75, 3.05) is 32.5 Å². The van der Waals surface area contributed by atoms with Gasteiger partial charge in [0.25, 0.3) is 11.8 Å². The normalized spacial score (nSPS) is 11.4. The Labute approximate surface area is 210 Å². The second-order valence-electron chi connectivity index (χ2n) is 8.33. The van der Waals surface area contributed by atoms with Gasteiger partial charge in [-0.25, -0.2) is 13.1 Å². The lowest BCUT2D eigenvalue weighted by atomic mass is 10.1. The molecule has 0 unspecified atom stereocenters. The maximum absolute atomic E-state index is 13.0. The van der Waals surface area contributed by atoms with E-state index in [1.165, 1.54) is 12.1 Å². The van der Waals surface area contributed by atoms with Crippen molar-refractivity contribution in [3.63, 3.8) is 0 Å². The number of hydrogen-bond donors (Lipinski definition) is 3. The number of thiophene rings is 1. The molecule has 0 spiro atoms. The molecule has 3 rings (SSSR count). The van der Waals surface area contributed by atoms with Crippen LogP contribution in [0.5, 0.6) is 0 Å². The molecule has 0 aliphatic rings. The molecule has 0 saturated heterocycles. The summed E-state index contributed by atoms with van der Waals surface area (Å²) in [7, 11) is 0.0990. The van der Waals surface area contributed by atoms with Crippen molar-refractivity contribution in [3.8, 4) is 0 Å². The Kier molecular flexibility index (Phi) is 9.16. The summed E-state index contributed by atoms with van der Waals surface area (Å²) in [4.78, 5) is 28.5. The van der Waals surface area contributed by atoms with Gasteiger partial charge in [-0.1, -0.05) is 18.2 Å². The molecule has 3 N–H and O–H groups in total. The Morgan fingerprint density at radius 3 is 2.51 bits per heavy atom. The Morgan fingerprint density at radius 2 is 1.80 bits per heavy atom. The molecule has 0 fully saturated rings. The van der Waals surface area contributed by atoms with Crippen LogP contribution in [-0.4, -0.2) is 52.3 Å². The van der Waals surface area contributed by atoms with E-state index in [0.717, 1.165) is 11.4 Å². The summed E-state index contributed by atoms with van der Waals surface area (Å²) in [6, 6.07) is 14.9. The lowest BCUT2D eigenvalue weighted by molar-refractivity contribution is 0.0950. The molecule has 0 aliphatic heterocycles. The first-order valence-corrected chi connectivity index (χ1v) is 13.5. The average Bonchev–Trinajstić information content (AvgIpc) is 3.34. The third-order valence-electron chi connectivity index (χ3n) is 5.22. The number of hydrogen-bond acceptors (Lipinski definition) is 6. The summed E-state index contributed by atoms with van der Waals surface area (Å²) < 4.78 is 28.0. The molecule has 8 nitrogen and oxygen atoms in total. The van der Waals surface area contributed by atoms with Crippen LogP contribution in [0.3, 0.4) is 0 Å². The largest absolute Gasteiger partial charge is 0.347 e. The van der Waals surface area contributed by atoms with Gasteiger partial charge in [0.15, 0.2) is 0 Å². The van der Waals surface area contributed by atoms with Crippen LogP contribution in [0, 0.1) is 6.92 Å². The number of amides is 2. The van der Waals surface area contributed by atoms with E-state index in [1.54, 1.807) is 48.6 Å². The van der Waals surface area contributed by atoms with Crippen LogP contribution in [0.15, 0.2) is 64.9 Å². The van der Waals surface area contributed by atoms with E-state index in [2.05, 4.69) is 15.4 Å². The molecule has 186 valence electrons. The second-order valence-corrected chi connectivity index (χ2v) is 11.1. The monoisotopic (exact) mass is 514 g/mol. The first kappa shape index (κ1) is 26.6. The highest BCUT2D eigenvalue weighted by atomic mass is 32.2. The van der Waals surface area contributed by atoms with Gasteiger partial charge < -0.3 is 15.5 Å². The van der Waals surface area contributed by atoms with Crippen LogP contribution >= 0.6 is 11.3 Å². The van der Waals surface area contributed by atoms with Gasteiger partial charge in [0, 0.05) is 28.2 Å². The number of sulfonamides is 1. The predicted octanol–water partition coefficient (Wildman–Crippen LogP) is 3.47. The van der Waals surface area contributed by atoms with Crippen LogP contribution in [0.4, 0.5) is 5.69 Å². The highest BCUT2D eigenvalue weighted by Crippen LogP contribution is 2.19. The molecular formula is C25H30N4O4S2. The first-order chi connectivity index (χ1) is 16.7. The molecule has 0 saturated carbocycles. The lowest BCUT2D eigenvalue weighted by Gasteiger charge is -2.13. The van der Waals surface area contributed by atoms with Crippen molar-refractivity contribution in [2.45, 2.75) is 24.8 Å². The van der Waals surface area contributed by atoms with E-state index in [4.69, 9.17) is 0 Å². The zero-order valence-electron chi connectivity index (χ0n) is 20.0. The number of nitrogens with one attached hydrogen (secondary N) is 3. The van der Waals surface area contributed by atoms with Gasteiger partial charge in [-0.3, -0.25) is 9.59 Å². The molecule has 0 radical (unpaired) electrons. The molecule has 35 heavy (non-hydrogen) atoms. The third kappa shape index (κ3) is 7.72.